The smallest absolute Gasteiger partial charge is 0.326 e. The van der Waals surface area contributed by atoms with E-state index < -0.39 is 22.8 Å². The monoisotopic (exact) mass is 413 g/mol. The Labute approximate surface area is 173 Å². The number of nitro groups is 1. The highest BCUT2D eigenvalue weighted by atomic mass is 16.6. The molecule has 0 fully saturated rings. The second-order valence-corrected chi connectivity index (χ2v) is 6.79. The summed E-state index contributed by atoms with van der Waals surface area (Å²) >= 11 is 0. The summed E-state index contributed by atoms with van der Waals surface area (Å²) in [6.07, 6.45) is -0.263. The first-order valence-corrected chi connectivity index (χ1v) is 9.36. The highest BCUT2D eigenvalue weighted by molar-refractivity contribution is 5.87. The molecule has 0 aliphatic rings. The number of rotatable bonds is 10. The number of carbonyl (C=O) groups is 3. The van der Waals surface area contributed by atoms with Crippen LogP contribution in [0.25, 0.3) is 0 Å². The molecular formula is C21H23N3O6. The number of nitro benzene ring substituents is 1. The van der Waals surface area contributed by atoms with E-state index in [-0.39, 0.29) is 36.9 Å². The highest BCUT2D eigenvalue weighted by Crippen LogP contribution is 2.14. The summed E-state index contributed by atoms with van der Waals surface area (Å²) in [7, 11) is 0. The number of carboxylic acids is 1. The maximum atomic E-state index is 12.1. The van der Waals surface area contributed by atoms with E-state index in [1.807, 2.05) is 37.3 Å². The van der Waals surface area contributed by atoms with Crippen molar-refractivity contribution in [3.05, 3.63) is 75.8 Å². The third kappa shape index (κ3) is 7.01. The number of amides is 2. The summed E-state index contributed by atoms with van der Waals surface area (Å²) in [4.78, 5) is 45.8. The zero-order valence-corrected chi connectivity index (χ0v) is 16.4. The average Bonchev–Trinajstić information content (AvgIpc) is 2.72. The van der Waals surface area contributed by atoms with Gasteiger partial charge in [-0.25, -0.2) is 4.79 Å². The molecule has 0 spiro atoms. The number of hydrogen-bond acceptors (Lipinski definition) is 5. The summed E-state index contributed by atoms with van der Waals surface area (Å²) in [5.74, 6) is -2.11. The van der Waals surface area contributed by atoms with E-state index in [4.69, 9.17) is 0 Å². The lowest BCUT2D eigenvalue weighted by molar-refractivity contribution is -0.384. The molecule has 3 N–H and O–H groups in total. The van der Waals surface area contributed by atoms with Crippen LogP contribution in [0.3, 0.4) is 0 Å². The topological polar surface area (TPSA) is 139 Å². The van der Waals surface area contributed by atoms with Gasteiger partial charge in [0, 0.05) is 31.4 Å². The molecule has 2 amide bonds. The first kappa shape index (κ1) is 22.5. The fourth-order valence-corrected chi connectivity index (χ4v) is 2.82. The zero-order valence-electron chi connectivity index (χ0n) is 16.4. The van der Waals surface area contributed by atoms with E-state index in [1.54, 1.807) is 0 Å². The third-order valence-corrected chi connectivity index (χ3v) is 4.48. The number of aliphatic carboxylic acids is 1. The predicted octanol–water partition coefficient (Wildman–Crippen LogP) is 2.36. The van der Waals surface area contributed by atoms with Gasteiger partial charge in [0.15, 0.2) is 0 Å². The van der Waals surface area contributed by atoms with Crippen LogP contribution in [-0.2, 0) is 20.8 Å². The van der Waals surface area contributed by atoms with Crippen LogP contribution in [0.1, 0.15) is 36.9 Å². The van der Waals surface area contributed by atoms with Gasteiger partial charge in [0.05, 0.1) is 11.0 Å². The normalized spacial score (nSPS) is 12.4. The quantitative estimate of drug-likeness (QED) is 0.404. The van der Waals surface area contributed by atoms with E-state index in [0.717, 1.165) is 5.56 Å². The number of nitrogens with one attached hydrogen (secondary N) is 2. The number of carbonyl (C=O) groups excluding carboxylic acids is 2. The maximum Gasteiger partial charge on any atom is 0.326 e. The molecule has 0 unspecified atom stereocenters. The van der Waals surface area contributed by atoms with Gasteiger partial charge >= 0.3 is 5.97 Å². The lowest BCUT2D eigenvalue weighted by Crippen LogP contribution is -2.42. The second-order valence-electron chi connectivity index (χ2n) is 6.79. The van der Waals surface area contributed by atoms with Gasteiger partial charge in [-0.05, 0) is 18.1 Å². The maximum absolute atomic E-state index is 12.1. The zero-order chi connectivity index (χ0) is 22.1. The molecule has 0 aliphatic heterocycles. The minimum atomic E-state index is -1.23. The van der Waals surface area contributed by atoms with Gasteiger partial charge in [-0.15, -0.1) is 0 Å². The van der Waals surface area contributed by atoms with Crippen LogP contribution in [0.15, 0.2) is 54.6 Å². The van der Waals surface area contributed by atoms with Crippen LogP contribution >= 0.6 is 0 Å². The molecule has 0 heterocycles. The van der Waals surface area contributed by atoms with Crippen molar-refractivity contribution in [1.82, 2.24) is 10.6 Å². The molecule has 0 aromatic heterocycles. The summed E-state index contributed by atoms with van der Waals surface area (Å²) < 4.78 is 0. The van der Waals surface area contributed by atoms with E-state index in [1.165, 1.54) is 24.3 Å². The van der Waals surface area contributed by atoms with Crippen molar-refractivity contribution < 1.29 is 24.4 Å². The fraction of sp³-hybridized carbons (Fsp3) is 0.286. The molecule has 9 nitrogen and oxygen atoms in total. The van der Waals surface area contributed by atoms with Gasteiger partial charge in [0.2, 0.25) is 11.8 Å². The van der Waals surface area contributed by atoms with E-state index >= 15 is 0 Å². The van der Waals surface area contributed by atoms with Gasteiger partial charge in [0.1, 0.15) is 6.04 Å². The first-order valence-electron chi connectivity index (χ1n) is 9.36. The number of hydrogen-bond donors (Lipinski definition) is 3. The van der Waals surface area contributed by atoms with Crippen LogP contribution in [0, 0.1) is 10.1 Å². The summed E-state index contributed by atoms with van der Waals surface area (Å²) in [6, 6.07) is 13.4. The van der Waals surface area contributed by atoms with Crippen LogP contribution in [0.2, 0.25) is 0 Å². The number of benzene rings is 2. The summed E-state index contributed by atoms with van der Waals surface area (Å²) in [5.41, 5.74) is 1.36. The van der Waals surface area contributed by atoms with Gasteiger partial charge in [0.25, 0.3) is 5.69 Å². The molecule has 0 saturated carbocycles. The first-order chi connectivity index (χ1) is 14.3. The van der Waals surface area contributed by atoms with Gasteiger partial charge in [-0.2, -0.15) is 0 Å². The molecular weight excluding hydrogens is 390 g/mol. The molecule has 30 heavy (non-hydrogen) atoms. The lowest BCUT2D eigenvalue weighted by atomic mass is 10.1. The largest absolute Gasteiger partial charge is 0.480 e. The molecule has 0 radical (unpaired) electrons. The summed E-state index contributed by atoms with van der Waals surface area (Å²) in [6.45, 7) is 1.83. The number of nitrogens with zero attached hydrogens (tertiary/aromatic N) is 1. The van der Waals surface area contributed by atoms with Crippen LogP contribution in [0.5, 0.6) is 0 Å². The number of non-ortho nitro benzene ring substituents is 1. The molecule has 158 valence electrons. The van der Waals surface area contributed by atoms with Crippen LogP contribution in [0.4, 0.5) is 5.69 Å². The van der Waals surface area contributed by atoms with E-state index in [9.17, 15) is 29.6 Å². The van der Waals surface area contributed by atoms with Gasteiger partial charge in [-0.1, -0.05) is 42.5 Å². The summed E-state index contributed by atoms with van der Waals surface area (Å²) in [5, 5.41) is 25.2. The minimum absolute atomic E-state index is 0.0314. The van der Waals surface area contributed by atoms with Crippen molar-refractivity contribution in [2.45, 2.75) is 38.3 Å². The Bertz CT molecular complexity index is 899. The van der Waals surface area contributed by atoms with Crippen molar-refractivity contribution in [2.75, 3.05) is 0 Å². The molecule has 9 heteroatoms. The Kier molecular flexibility index (Phi) is 8.04. The Balaban J connectivity index is 1.83. The Morgan fingerprint density at radius 1 is 0.967 bits per heavy atom. The highest BCUT2D eigenvalue weighted by Gasteiger charge is 2.21. The molecule has 0 bridgehead atoms. The fourth-order valence-electron chi connectivity index (χ4n) is 2.82. The molecule has 2 aromatic carbocycles. The van der Waals surface area contributed by atoms with Crippen molar-refractivity contribution in [3.8, 4) is 0 Å². The van der Waals surface area contributed by atoms with Crippen LogP contribution < -0.4 is 10.6 Å². The standard InChI is InChI=1S/C21H23N3O6/c1-14(16-5-3-2-4-6-16)22-19(25)11-12-20(26)23-18(21(27)28)13-15-7-9-17(10-8-15)24(29)30/h2-10,14,18H,11-13H2,1H3,(H,22,25)(H,23,26)(H,27,28)/t14-,18+/m1/s1. The minimum Gasteiger partial charge on any atom is -0.480 e. The van der Waals surface area contributed by atoms with E-state index in [2.05, 4.69) is 10.6 Å². The molecule has 2 atom stereocenters. The second kappa shape index (κ2) is 10.7. The predicted molar refractivity (Wildman–Crippen MR) is 109 cm³/mol. The molecule has 0 aliphatic carbocycles. The van der Waals surface area contributed by atoms with Crippen molar-refractivity contribution in [2.24, 2.45) is 0 Å². The Morgan fingerprint density at radius 2 is 1.53 bits per heavy atom. The Hall–Kier alpha value is -3.75. The third-order valence-electron chi connectivity index (χ3n) is 4.48. The molecule has 0 saturated heterocycles. The van der Waals surface area contributed by atoms with Crippen LogP contribution in [-0.4, -0.2) is 33.9 Å². The molecule has 2 rings (SSSR count). The van der Waals surface area contributed by atoms with E-state index in [0.29, 0.717) is 5.56 Å². The van der Waals surface area contributed by atoms with Crippen molar-refractivity contribution in [3.63, 3.8) is 0 Å². The molecule has 2 aromatic rings. The SMILES string of the molecule is C[C@@H](NC(=O)CCC(=O)N[C@@H](Cc1ccc([N+](=O)[O-])cc1)C(=O)O)c1ccccc1. The number of carboxylic acid groups (broad SMARTS) is 1. The van der Waals surface area contributed by atoms with Crippen molar-refractivity contribution in [1.29, 1.82) is 0 Å². The Morgan fingerprint density at radius 3 is 2.07 bits per heavy atom. The lowest BCUT2D eigenvalue weighted by Gasteiger charge is -2.16. The van der Waals surface area contributed by atoms with Crippen molar-refractivity contribution >= 4 is 23.5 Å². The van der Waals surface area contributed by atoms with Gasteiger partial charge < -0.3 is 15.7 Å². The average molecular weight is 413 g/mol. The van der Waals surface area contributed by atoms with Gasteiger partial charge in [-0.3, -0.25) is 19.7 Å².